The molecule has 0 unspecified atom stereocenters. The second-order valence-corrected chi connectivity index (χ2v) is 9.41. The van der Waals surface area contributed by atoms with Gasteiger partial charge in [-0.1, -0.05) is 19.1 Å². The Morgan fingerprint density at radius 1 is 1.11 bits per heavy atom. The molecule has 0 saturated carbocycles. The van der Waals surface area contributed by atoms with Gasteiger partial charge in [-0.15, -0.1) is 0 Å². The van der Waals surface area contributed by atoms with Gasteiger partial charge in [0.05, 0.1) is 23.9 Å². The van der Waals surface area contributed by atoms with Crippen molar-refractivity contribution in [2.24, 2.45) is 0 Å². The minimum Gasteiger partial charge on any atom is -0.292 e. The zero-order chi connectivity index (χ0) is 27.8. The number of hydrogen-bond donors (Lipinski definition) is 1. The summed E-state index contributed by atoms with van der Waals surface area (Å²) < 4.78 is 80.2. The zero-order valence-electron chi connectivity index (χ0n) is 20.2. The van der Waals surface area contributed by atoms with E-state index in [-0.39, 0.29) is 42.2 Å². The third-order valence-corrected chi connectivity index (χ3v) is 6.10. The summed E-state index contributed by atoms with van der Waals surface area (Å²) in [5, 5.41) is 4.15. The predicted molar refractivity (Wildman–Crippen MR) is 129 cm³/mol. The van der Waals surface area contributed by atoms with Crippen molar-refractivity contribution in [2.75, 3.05) is 0 Å². The topological polar surface area (TPSA) is 143 Å². The number of benzene rings is 1. The van der Waals surface area contributed by atoms with E-state index in [1.807, 2.05) is 0 Å². The highest BCUT2D eigenvalue weighted by Gasteiger charge is 2.30. The normalized spacial score (nSPS) is 12.5. The molecule has 0 amide bonds. The highest BCUT2D eigenvalue weighted by Crippen LogP contribution is 2.30. The quantitative estimate of drug-likeness (QED) is 0.310. The lowest BCUT2D eigenvalue weighted by Crippen LogP contribution is -2.40. The van der Waals surface area contributed by atoms with Crippen molar-refractivity contribution in [3.63, 3.8) is 0 Å². The number of nitrogens with zero attached hydrogens (tertiary/aromatic N) is 6. The lowest BCUT2D eigenvalue weighted by atomic mass is 10.1. The van der Waals surface area contributed by atoms with Crippen LogP contribution in [0.2, 0.25) is 0 Å². The van der Waals surface area contributed by atoms with Crippen molar-refractivity contribution in [3.8, 4) is 11.4 Å². The second-order valence-electron chi connectivity index (χ2n) is 8.32. The Kier molecular flexibility index (Phi) is 7.31. The summed E-state index contributed by atoms with van der Waals surface area (Å²) in [5.74, 6) is -0.00751. The van der Waals surface area contributed by atoms with E-state index < -0.39 is 40.1 Å². The number of aromatic nitrogens is 6. The van der Waals surface area contributed by atoms with Gasteiger partial charge in [-0.2, -0.15) is 26.7 Å². The maximum atomic E-state index is 13.3. The molecule has 12 nitrogen and oxygen atoms in total. The average Bonchev–Trinajstić information content (AvgIpc) is 3.44. The molecule has 0 bridgehead atoms. The van der Waals surface area contributed by atoms with Crippen molar-refractivity contribution < 1.29 is 30.3 Å². The van der Waals surface area contributed by atoms with E-state index in [1.165, 1.54) is 33.8 Å². The van der Waals surface area contributed by atoms with Crippen molar-refractivity contribution in [1.29, 1.82) is 0 Å². The molecule has 3 heterocycles. The van der Waals surface area contributed by atoms with E-state index in [0.717, 1.165) is 21.3 Å². The highest BCUT2D eigenvalue weighted by molar-refractivity contribution is 7.80. The SMILES string of the molecule is CCCn1c(=O)c2c(nc(-c3cnn(Cc4cccc(C(F)(F)F)c4)c3)n2COS(=O)(=O)O)n(CC)c1=O. The molecule has 0 aliphatic heterocycles. The monoisotopic (exact) mass is 556 g/mol. The standard InChI is InChI=1S/C22H23F3N6O6S/c1-3-8-30-20(32)17-19(29(4-2)21(30)33)27-18(31(17)13-37-38(34,35)36)15-10-26-28(12-15)11-14-6-5-7-16(9-14)22(23,24)25/h5-7,9-10,12H,3-4,8,11,13H2,1-2H3,(H,34,35,36). The minimum absolute atomic E-state index is 0.00751. The van der Waals surface area contributed by atoms with Crippen molar-refractivity contribution >= 4 is 21.6 Å². The number of hydrogen-bond acceptors (Lipinski definition) is 7. The van der Waals surface area contributed by atoms with Crippen LogP contribution in [0.4, 0.5) is 13.2 Å². The molecule has 1 aromatic carbocycles. The van der Waals surface area contributed by atoms with Crippen LogP contribution in [-0.4, -0.2) is 41.4 Å². The van der Waals surface area contributed by atoms with Crippen molar-refractivity contribution in [3.05, 3.63) is 68.6 Å². The number of fused-ring (bicyclic) bond motifs is 1. The summed E-state index contributed by atoms with van der Waals surface area (Å²) in [6, 6.07) is 4.72. The first-order valence-corrected chi connectivity index (χ1v) is 12.7. The van der Waals surface area contributed by atoms with Crippen molar-refractivity contribution in [2.45, 2.75) is 52.8 Å². The maximum absolute atomic E-state index is 13.3. The first-order chi connectivity index (χ1) is 17.8. The van der Waals surface area contributed by atoms with Crippen LogP contribution < -0.4 is 11.2 Å². The average molecular weight is 557 g/mol. The molecule has 4 aromatic rings. The lowest BCUT2D eigenvalue weighted by molar-refractivity contribution is -0.137. The Labute approximate surface area is 213 Å². The highest BCUT2D eigenvalue weighted by atomic mass is 32.3. The molecular formula is C22H23F3N6O6S. The first-order valence-electron chi connectivity index (χ1n) is 11.4. The maximum Gasteiger partial charge on any atom is 0.416 e. The van der Waals surface area contributed by atoms with Crippen LogP contribution in [-0.2, 0) is 47.1 Å². The van der Waals surface area contributed by atoms with Crippen LogP contribution in [0, 0.1) is 0 Å². The van der Waals surface area contributed by atoms with E-state index in [0.29, 0.717) is 12.0 Å². The molecule has 16 heteroatoms. The molecule has 0 saturated heterocycles. The molecule has 3 aromatic heterocycles. The van der Waals surface area contributed by atoms with E-state index in [9.17, 15) is 31.2 Å². The van der Waals surface area contributed by atoms with Crippen LogP contribution in [0.1, 0.15) is 31.4 Å². The Morgan fingerprint density at radius 2 is 1.84 bits per heavy atom. The minimum atomic E-state index is -4.92. The van der Waals surface area contributed by atoms with Crippen LogP contribution in [0.3, 0.4) is 0 Å². The van der Waals surface area contributed by atoms with Gasteiger partial charge < -0.3 is 0 Å². The van der Waals surface area contributed by atoms with E-state index in [1.54, 1.807) is 13.8 Å². The number of rotatable bonds is 9. The molecule has 0 aliphatic carbocycles. The molecular weight excluding hydrogens is 533 g/mol. The number of imidazole rings is 1. The fourth-order valence-electron chi connectivity index (χ4n) is 4.06. The Bertz CT molecular complexity index is 1720. The molecule has 0 atom stereocenters. The van der Waals surface area contributed by atoms with Crippen LogP contribution in [0.25, 0.3) is 22.6 Å². The summed E-state index contributed by atoms with van der Waals surface area (Å²) in [7, 11) is -4.92. The molecule has 4 rings (SSSR count). The fourth-order valence-corrected chi connectivity index (χ4v) is 4.30. The largest absolute Gasteiger partial charge is 0.416 e. The van der Waals surface area contributed by atoms with Gasteiger partial charge in [0.15, 0.2) is 11.2 Å². The number of halogens is 3. The van der Waals surface area contributed by atoms with Crippen LogP contribution in [0.15, 0.2) is 46.2 Å². The third-order valence-electron chi connectivity index (χ3n) is 5.70. The summed E-state index contributed by atoms with van der Waals surface area (Å²) in [5.41, 5.74) is -1.74. The summed E-state index contributed by atoms with van der Waals surface area (Å²) in [6.07, 6.45) is -1.29. The molecule has 38 heavy (non-hydrogen) atoms. The molecule has 0 radical (unpaired) electrons. The Balaban J connectivity index is 1.85. The van der Waals surface area contributed by atoms with Gasteiger partial charge in [0.1, 0.15) is 12.6 Å². The van der Waals surface area contributed by atoms with Crippen molar-refractivity contribution in [1.82, 2.24) is 28.5 Å². The van der Waals surface area contributed by atoms with Gasteiger partial charge in [-0.3, -0.25) is 27.7 Å². The van der Waals surface area contributed by atoms with Gasteiger partial charge in [0, 0.05) is 19.3 Å². The summed E-state index contributed by atoms with van der Waals surface area (Å²) >= 11 is 0. The predicted octanol–water partition coefficient (Wildman–Crippen LogP) is 2.50. The molecule has 0 fully saturated rings. The Hall–Kier alpha value is -3.76. The third kappa shape index (κ3) is 5.41. The Morgan fingerprint density at radius 3 is 2.47 bits per heavy atom. The van der Waals surface area contributed by atoms with E-state index >= 15 is 0 Å². The van der Waals surface area contributed by atoms with Gasteiger partial charge in [-0.05, 0) is 31.0 Å². The molecule has 1 N–H and O–H groups in total. The van der Waals surface area contributed by atoms with Gasteiger partial charge in [0.25, 0.3) is 5.56 Å². The molecule has 0 aliphatic rings. The van der Waals surface area contributed by atoms with Crippen LogP contribution >= 0.6 is 0 Å². The molecule has 204 valence electrons. The zero-order valence-corrected chi connectivity index (χ0v) is 21.0. The van der Waals surface area contributed by atoms with E-state index in [2.05, 4.69) is 14.3 Å². The van der Waals surface area contributed by atoms with Crippen LogP contribution in [0.5, 0.6) is 0 Å². The smallest absolute Gasteiger partial charge is 0.292 e. The van der Waals surface area contributed by atoms with Gasteiger partial charge in [-0.25, -0.2) is 14.0 Å². The number of alkyl halides is 3. The number of aryl methyl sites for hydroxylation is 1. The van der Waals surface area contributed by atoms with E-state index in [4.69, 9.17) is 4.55 Å². The molecule has 0 spiro atoms. The van der Waals surface area contributed by atoms with Gasteiger partial charge in [0.2, 0.25) is 0 Å². The van der Waals surface area contributed by atoms with Gasteiger partial charge >= 0.3 is 22.3 Å². The lowest BCUT2D eigenvalue weighted by Gasteiger charge is -2.11. The summed E-state index contributed by atoms with van der Waals surface area (Å²) in [4.78, 5) is 30.6. The second kappa shape index (κ2) is 10.2. The summed E-state index contributed by atoms with van der Waals surface area (Å²) in [6.45, 7) is 2.81. The fraction of sp³-hybridized carbons (Fsp3) is 0.364. The first kappa shape index (κ1) is 27.3.